The van der Waals surface area contributed by atoms with Crippen LogP contribution in [0.4, 0.5) is 0 Å². The zero-order chi connectivity index (χ0) is 21.6. The molecule has 160 valence electrons. The van der Waals surface area contributed by atoms with Crippen molar-refractivity contribution in [1.29, 1.82) is 0 Å². The molecule has 0 bridgehead atoms. The molecule has 1 aliphatic heterocycles. The summed E-state index contributed by atoms with van der Waals surface area (Å²) >= 11 is 0. The Morgan fingerprint density at radius 2 is 1.97 bits per heavy atom. The van der Waals surface area contributed by atoms with Crippen molar-refractivity contribution in [2.75, 3.05) is 0 Å². The van der Waals surface area contributed by atoms with Gasteiger partial charge in [-0.1, -0.05) is 33.8 Å². The lowest BCUT2D eigenvalue weighted by Crippen LogP contribution is -2.44. The molecule has 0 saturated heterocycles. The molecular weight excluding hydrogens is 380 g/mol. The number of rotatable bonds is 6. The predicted molar refractivity (Wildman–Crippen MR) is 119 cm³/mol. The second-order valence-electron chi connectivity index (χ2n) is 9.95. The summed E-state index contributed by atoms with van der Waals surface area (Å²) in [5, 5.41) is 11.0. The third-order valence-corrected chi connectivity index (χ3v) is 11.4. The SMILES string of the molecule is CCc1c(C)c2c(c(O[Si](C)(C)C(C)(C)C)c1CC(O)C1=CCCC1)C(=O)OC2. The van der Waals surface area contributed by atoms with Gasteiger partial charge >= 0.3 is 5.97 Å². The number of fused-ring (bicyclic) bond motifs is 1. The minimum atomic E-state index is -2.19. The highest BCUT2D eigenvalue weighted by Gasteiger charge is 2.42. The van der Waals surface area contributed by atoms with Crippen molar-refractivity contribution >= 4 is 14.3 Å². The molecule has 1 heterocycles. The molecule has 0 saturated carbocycles. The molecule has 0 aromatic heterocycles. The van der Waals surface area contributed by atoms with E-state index in [-0.39, 0.29) is 11.0 Å². The van der Waals surface area contributed by atoms with Gasteiger partial charge < -0.3 is 14.3 Å². The van der Waals surface area contributed by atoms with Gasteiger partial charge in [0.05, 0.1) is 6.10 Å². The summed E-state index contributed by atoms with van der Waals surface area (Å²) in [6, 6.07) is 0. The lowest BCUT2D eigenvalue weighted by molar-refractivity contribution is 0.0533. The summed E-state index contributed by atoms with van der Waals surface area (Å²) in [6.45, 7) is 15.5. The van der Waals surface area contributed by atoms with Crippen LogP contribution in [0.2, 0.25) is 18.1 Å². The first kappa shape index (κ1) is 22.1. The van der Waals surface area contributed by atoms with Gasteiger partial charge in [-0.25, -0.2) is 4.79 Å². The van der Waals surface area contributed by atoms with Crippen LogP contribution in [0.5, 0.6) is 5.75 Å². The van der Waals surface area contributed by atoms with E-state index in [0.29, 0.717) is 24.3 Å². The van der Waals surface area contributed by atoms with E-state index in [4.69, 9.17) is 9.16 Å². The van der Waals surface area contributed by atoms with Gasteiger partial charge in [0, 0.05) is 12.0 Å². The third-order valence-electron chi connectivity index (χ3n) is 7.04. The molecule has 4 nitrogen and oxygen atoms in total. The summed E-state index contributed by atoms with van der Waals surface area (Å²) in [6.07, 6.45) is 6.06. The number of carbonyl (C=O) groups is 1. The molecule has 1 aliphatic carbocycles. The van der Waals surface area contributed by atoms with Gasteiger partial charge in [0.1, 0.15) is 17.9 Å². The van der Waals surface area contributed by atoms with Gasteiger partial charge in [-0.05, 0) is 73.0 Å². The Hall–Kier alpha value is -1.59. The fraction of sp³-hybridized carbons (Fsp3) is 0.625. The van der Waals surface area contributed by atoms with Crippen LogP contribution < -0.4 is 4.43 Å². The smallest absolute Gasteiger partial charge is 0.342 e. The van der Waals surface area contributed by atoms with Crippen molar-refractivity contribution in [1.82, 2.24) is 0 Å². The van der Waals surface area contributed by atoms with Crippen LogP contribution in [0.3, 0.4) is 0 Å². The quantitative estimate of drug-likeness (QED) is 0.371. The number of allylic oxidation sites excluding steroid dienone is 1. The van der Waals surface area contributed by atoms with Crippen molar-refractivity contribution in [3.63, 3.8) is 0 Å². The number of benzene rings is 1. The highest BCUT2D eigenvalue weighted by atomic mass is 28.4. The van der Waals surface area contributed by atoms with Crippen LogP contribution in [0.15, 0.2) is 11.6 Å². The lowest BCUT2D eigenvalue weighted by atomic mass is 9.87. The van der Waals surface area contributed by atoms with E-state index in [1.165, 1.54) is 5.56 Å². The maximum Gasteiger partial charge on any atom is 0.342 e. The van der Waals surface area contributed by atoms with E-state index in [1.54, 1.807) is 0 Å². The molecule has 2 aliphatic rings. The monoisotopic (exact) mass is 416 g/mol. The van der Waals surface area contributed by atoms with E-state index in [1.807, 2.05) is 0 Å². The Labute approximate surface area is 176 Å². The number of carbonyl (C=O) groups excluding carboxylic acids is 1. The zero-order valence-electron chi connectivity index (χ0n) is 19.1. The third kappa shape index (κ3) is 4.04. The maximum atomic E-state index is 12.7. The summed E-state index contributed by atoms with van der Waals surface area (Å²) in [5.74, 6) is 0.379. The number of ether oxygens (including phenoxy) is 1. The molecule has 1 aromatic carbocycles. The standard InChI is InChI=1S/C24H36O4Si/c1-8-17-15(2)19-14-27-23(26)21(19)22(28-29(6,7)24(3,4)5)18(17)13-20(25)16-11-9-10-12-16/h11,20,25H,8-10,12-14H2,1-7H3. The maximum absolute atomic E-state index is 12.7. The summed E-state index contributed by atoms with van der Waals surface area (Å²) < 4.78 is 12.2. The van der Waals surface area contributed by atoms with Gasteiger partial charge in [0.25, 0.3) is 8.32 Å². The van der Waals surface area contributed by atoms with Gasteiger partial charge in [0.2, 0.25) is 0 Å². The van der Waals surface area contributed by atoms with Crippen LogP contribution in [0.1, 0.15) is 79.6 Å². The van der Waals surface area contributed by atoms with Gasteiger partial charge in [-0.15, -0.1) is 0 Å². The molecule has 1 N–H and O–H groups in total. The van der Waals surface area contributed by atoms with Crippen molar-refractivity contribution < 1.29 is 19.1 Å². The van der Waals surface area contributed by atoms with Crippen LogP contribution in [0.25, 0.3) is 0 Å². The minimum absolute atomic E-state index is 0.00349. The summed E-state index contributed by atoms with van der Waals surface area (Å²) in [7, 11) is -2.19. The number of hydrogen-bond acceptors (Lipinski definition) is 4. The average Bonchev–Trinajstić information content (AvgIpc) is 3.27. The molecule has 1 unspecified atom stereocenters. The number of cyclic esters (lactones) is 1. The molecule has 0 fully saturated rings. The van der Waals surface area contributed by atoms with Crippen molar-refractivity contribution in [3.8, 4) is 5.75 Å². The molecule has 0 spiro atoms. The first-order valence-electron chi connectivity index (χ1n) is 10.9. The van der Waals surface area contributed by atoms with Crippen molar-refractivity contribution in [2.24, 2.45) is 0 Å². The Kier molecular flexibility index (Phi) is 6.03. The topological polar surface area (TPSA) is 55.8 Å². The van der Waals surface area contributed by atoms with E-state index < -0.39 is 14.4 Å². The Morgan fingerprint density at radius 1 is 1.28 bits per heavy atom. The van der Waals surface area contributed by atoms with Crippen molar-refractivity contribution in [3.05, 3.63) is 39.5 Å². The zero-order valence-corrected chi connectivity index (χ0v) is 20.1. The first-order chi connectivity index (χ1) is 13.5. The number of esters is 1. The van der Waals surface area contributed by atoms with Gasteiger partial charge in [-0.3, -0.25) is 0 Å². The fourth-order valence-corrected chi connectivity index (χ4v) is 5.21. The lowest BCUT2D eigenvalue weighted by Gasteiger charge is -2.38. The Morgan fingerprint density at radius 3 is 2.52 bits per heavy atom. The average molecular weight is 417 g/mol. The fourth-order valence-electron chi connectivity index (χ4n) is 4.17. The van der Waals surface area contributed by atoms with Gasteiger partial charge in [0.15, 0.2) is 0 Å². The molecule has 0 amide bonds. The van der Waals surface area contributed by atoms with Crippen LogP contribution in [0, 0.1) is 6.92 Å². The minimum Gasteiger partial charge on any atom is -0.543 e. The van der Waals surface area contributed by atoms with Crippen LogP contribution in [-0.4, -0.2) is 25.5 Å². The first-order valence-corrected chi connectivity index (χ1v) is 13.8. The Balaban J connectivity index is 2.17. The van der Waals surface area contributed by atoms with E-state index in [2.05, 4.69) is 53.8 Å². The van der Waals surface area contributed by atoms with Crippen LogP contribution in [-0.2, 0) is 24.2 Å². The molecule has 29 heavy (non-hydrogen) atoms. The van der Waals surface area contributed by atoms with Gasteiger partial charge in [-0.2, -0.15) is 0 Å². The molecule has 0 radical (unpaired) electrons. The van der Waals surface area contributed by atoms with E-state index in [9.17, 15) is 9.90 Å². The normalized spacial score (nSPS) is 17.8. The largest absolute Gasteiger partial charge is 0.543 e. The van der Waals surface area contributed by atoms with Crippen molar-refractivity contribution in [2.45, 2.75) is 97.6 Å². The number of aliphatic hydroxyl groups is 1. The Bertz CT molecular complexity index is 846. The summed E-state index contributed by atoms with van der Waals surface area (Å²) in [4.78, 5) is 12.7. The highest BCUT2D eigenvalue weighted by molar-refractivity contribution is 6.74. The number of hydrogen-bond donors (Lipinski definition) is 1. The molecule has 1 aromatic rings. The van der Waals surface area contributed by atoms with E-state index >= 15 is 0 Å². The van der Waals surface area contributed by atoms with E-state index in [0.717, 1.165) is 47.9 Å². The predicted octanol–water partition coefficient (Wildman–Crippen LogP) is 5.63. The highest BCUT2D eigenvalue weighted by Crippen LogP contribution is 2.44. The molecule has 5 heteroatoms. The second-order valence-corrected chi connectivity index (χ2v) is 14.7. The summed E-state index contributed by atoms with van der Waals surface area (Å²) in [5.41, 5.74) is 5.96. The molecular formula is C24H36O4Si. The molecule has 3 rings (SSSR count). The number of aliphatic hydroxyl groups excluding tert-OH is 1. The second kappa shape index (κ2) is 7.92. The molecule has 1 atom stereocenters. The van der Waals surface area contributed by atoms with Crippen LogP contribution >= 0.6 is 0 Å².